The average molecular weight is 303 g/mol. The highest BCUT2D eigenvalue weighted by Gasteiger charge is 2.31. The number of nitrogens with zero attached hydrogens (tertiary/aromatic N) is 1. The van der Waals surface area contributed by atoms with Crippen LogP contribution in [0.3, 0.4) is 0 Å². The van der Waals surface area contributed by atoms with Gasteiger partial charge in [-0.25, -0.2) is 4.79 Å². The number of carboxylic acids is 1. The zero-order chi connectivity index (χ0) is 15.9. The summed E-state index contributed by atoms with van der Waals surface area (Å²) in [6.07, 6.45) is 6.34. The summed E-state index contributed by atoms with van der Waals surface area (Å²) in [4.78, 5) is 25.2. The molecule has 0 spiro atoms. The number of hydrogen-bond donors (Lipinski definition) is 1. The summed E-state index contributed by atoms with van der Waals surface area (Å²) in [5.41, 5.74) is 0.965. The minimum absolute atomic E-state index is 0.174. The van der Waals surface area contributed by atoms with E-state index in [9.17, 15) is 14.7 Å². The Balaban J connectivity index is 2.10. The number of carboxylic acid groups (broad SMARTS) is 1. The Morgan fingerprint density at radius 2 is 1.82 bits per heavy atom. The number of carbonyl (C=O) groups excluding carboxylic acids is 1. The molecule has 22 heavy (non-hydrogen) atoms. The van der Waals surface area contributed by atoms with E-state index in [-0.39, 0.29) is 5.91 Å². The van der Waals surface area contributed by atoms with Crippen LogP contribution in [0, 0.1) is 5.92 Å². The Morgan fingerprint density at radius 3 is 2.36 bits per heavy atom. The predicted octanol–water partition coefficient (Wildman–Crippen LogP) is 3.46. The molecule has 4 nitrogen and oxygen atoms in total. The molecule has 1 fully saturated rings. The van der Waals surface area contributed by atoms with Gasteiger partial charge in [0.15, 0.2) is 0 Å². The van der Waals surface area contributed by atoms with Crippen LogP contribution < -0.4 is 0 Å². The van der Waals surface area contributed by atoms with Crippen molar-refractivity contribution >= 4 is 11.9 Å². The van der Waals surface area contributed by atoms with Gasteiger partial charge >= 0.3 is 5.97 Å². The van der Waals surface area contributed by atoms with Crippen LogP contribution in [0.2, 0.25) is 0 Å². The van der Waals surface area contributed by atoms with Crippen LogP contribution in [0.5, 0.6) is 0 Å². The van der Waals surface area contributed by atoms with Crippen LogP contribution in [-0.4, -0.2) is 27.9 Å². The lowest BCUT2D eigenvalue weighted by Crippen LogP contribution is -2.44. The molecule has 0 saturated heterocycles. The summed E-state index contributed by atoms with van der Waals surface area (Å²) in [5, 5.41) is 9.61. The van der Waals surface area contributed by atoms with Gasteiger partial charge in [-0.1, -0.05) is 62.4 Å². The van der Waals surface area contributed by atoms with E-state index in [0.717, 1.165) is 18.4 Å². The third-order valence-corrected chi connectivity index (χ3v) is 4.54. The molecule has 1 amide bonds. The fourth-order valence-corrected chi connectivity index (χ4v) is 3.32. The second kappa shape index (κ2) is 7.97. The summed E-state index contributed by atoms with van der Waals surface area (Å²) in [7, 11) is 0. The maximum atomic E-state index is 12.0. The molecule has 1 aliphatic carbocycles. The normalized spacial score (nSPS) is 17.0. The van der Waals surface area contributed by atoms with Crippen molar-refractivity contribution in [2.24, 2.45) is 5.92 Å². The number of rotatable bonds is 6. The molecule has 0 aromatic heterocycles. The van der Waals surface area contributed by atoms with Crippen molar-refractivity contribution in [1.82, 2.24) is 4.90 Å². The zero-order valence-corrected chi connectivity index (χ0v) is 13.2. The number of carbonyl (C=O) groups is 2. The summed E-state index contributed by atoms with van der Waals surface area (Å²) in [6.45, 7) is 1.82. The summed E-state index contributed by atoms with van der Waals surface area (Å²) in [6, 6.07) is 8.86. The Bertz CT molecular complexity index is 494. The van der Waals surface area contributed by atoms with E-state index in [2.05, 4.69) is 0 Å². The number of benzene rings is 1. The van der Waals surface area contributed by atoms with Crippen LogP contribution in [0.4, 0.5) is 0 Å². The van der Waals surface area contributed by atoms with E-state index in [4.69, 9.17) is 0 Å². The van der Waals surface area contributed by atoms with Gasteiger partial charge in [-0.3, -0.25) is 4.79 Å². The molecule has 1 N–H and O–H groups in total. The second-order valence-corrected chi connectivity index (χ2v) is 6.23. The molecule has 1 aliphatic rings. The minimum Gasteiger partial charge on any atom is -0.480 e. The summed E-state index contributed by atoms with van der Waals surface area (Å²) < 4.78 is 0. The number of amides is 1. The van der Waals surface area contributed by atoms with Gasteiger partial charge in [-0.15, -0.1) is 0 Å². The molecular formula is C18H25NO3. The first-order valence-corrected chi connectivity index (χ1v) is 8.12. The third-order valence-electron chi connectivity index (χ3n) is 4.54. The molecule has 0 heterocycles. The quantitative estimate of drug-likeness (QED) is 0.875. The Morgan fingerprint density at radius 1 is 1.18 bits per heavy atom. The standard InChI is InChI=1S/C18H25NO3/c1-14(20)19(13-16-10-6-3-7-11-16)17(18(21)22)12-15-8-4-2-5-9-15/h3,6-7,10-11,15,17H,2,4-5,8-9,12-13H2,1H3,(H,21,22). The maximum absolute atomic E-state index is 12.0. The molecule has 1 aromatic rings. The van der Waals surface area contributed by atoms with Crippen molar-refractivity contribution in [3.05, 3.63) is 35.9 Å². The first-order chi connectivity index (χ1) is 10.6. The van der Waals surface area contributed by atoms with Gasteiger partial charge in [0.1, 0.15) is 6.04 Å². The molecule has 1 unspecified atom stereocenters. The third kappa shape index (κ3) is 4.58. The van der Waals surface area contributed by atoms with Crippen LogP contribution in [-0.2, 0) is 16.1 Å². The van der Waals surface area contributed by atoms with E-state index in [0.29, 0.717) is 18.9 Å². The van der Waals surface area contributed by atoms with Crippen molar-refractivity contribution in [2.75, 3.05) is 0 Å². The highest BCUT2D eigenvalue weighted by atomic mass is 16.4. The summed E-state index contributed by atoms with van der Waals surface area (Å²) >= 11 is 0. The molecule has 1 atom stereocenters. The topological polar surface area (TPSA) is 57.6 Å². The first kappa shape index (κ1) is 16.5. The lowest BCUT2D eigenvalue weighted by Gasteiger charge is -2.32. The highest BCUT2D eigenvalue weighted by Crippen LogP contribution is 2.29. The Labute approximate surface area is 132 Å². The van der Waals surface area contributed by atoms with Crippen molar-refractivity contribution in [3.8, 4) is 0 Å². The van der Waals surface area contributed by atoms with Crippen molar-refractivity contribution in [1.29, 1.82) is 0 Å². The SMILES string of the molecule is CC(=O)N(Cc1ccccc1)C(CC1CCCCC1)C(=O)O. The van der Waals surface area contributed by atoms with Gasteiger partial charge in [0, 0.05) is 13.5 Å². The molecule has 1 saturated carbocycles. The second-order valence-electron chi connectivity index (χ2n) is 6.23. The van der Waals surface area contributed by atoms with Gasteiger partial charge in [0.05, 0.1) is 0 Å². The van der Waals surface area contributed by atoms with Crippen molar-refractivity contribution in [2.45, 2.75) is 58.0 Å². The van der Waals surface area contributed by atoms with E-state index in [1.807, 2.05) is 30.3 Å². The van der Waals surface area contributed by atoms with Crippen LogP contribution >= 0.6 is 0 Å². The molecule has 0 aliphatic heterocycles. The van der Waals surface area contributed by atoms with Crippen LogP contribution in [0.15, 0.2) is 30.3 Å². The fourth-order valence-electron chi connectivity index (χ4n) is 3.32. The molecule has 0 bridgehead atoms. The van der Waals surface area contributed by atoms with E-state index in [1.54, 1.807) is 0 Å². The van der Waals surface area contributed by atoms with E-state index < -0.39 is 12.0 Å². The molecule has 2 rings (SSSR count). The minimum atomic E-state index is -0.892. The van der Waals surface area contributed by atoms with E-state index in [1.165, 1.54) is 31.1 Å². The monoisotopic (exact) mass is 303 g/mol. The maximum Gasteiger partial charge on any atom is 0.326 e. The first-order valence-electron chi connectivity index (χ1n) is 8.12. The van der Waals surface area contributed by atoms with Gasteiger partial charge in [-0.2, -0.15) is 0 Å². The lowest BCUT2D eigenvalue weighted by molar-refractivity contribution is -0.151. The smallest absolute Gasteiger partial charge is 0.326 e. The zero-order valence-electron chi connectivity index (χ0n) is 13.2. The largest absolute Gasteiger partial charge is 0.480 e. The highest BCUT2D eigenvalue weighted by molar-refractivity contribution is 5.82. The average Bonchev–Trinajstić information content (AvgIpc) is 2.52. The Kier molecular flexibility index (Phi) is 5.99. The van der Waals surface area contributed by atoms with Crippen molar-refractivity contribution in [3.63, 3.8) is 0 Å². The van der Waals surface area contributed by atoms with Gasteiger partial charge in [-0.05, 0) is 17.9 Å². The Hall–Kier alpha value is -1.84. The van der Waals surface area contributed by atoms with Gasteiger partial charge in [0.2, 0.25) is 5.91 Å². The van der Waals surface area contributed by atoms with Crippen LogP contribution in [0.25, 0.3) is 0 Å². The fraction of sp³-hybridized carbons (Fsp3) is 0.556. The van der Waals surface area contributed by atoms with Crippen molar-refractivity contribution < 1.29 is 14.7 Å². The van der Waals surface area contributed by atoms with Crippen LogP contribution in [0.1, 0.15) is 51.0 Å². The van der Waals surface area contributed by atoms with Gasteiger partial charge < -0.3 is 10.0 Å². The number of hydrogen-bond acceptors (Lipinski definition) is 2. The molecule has 1 aromatic carbocycles. The summed E-state index contributed by atoms with van der Waals surface area (Å²) in [5.74, 6) is -0.642. The lowest BCUT2D eigenvalue weighted by atomic mass is 9.84. The predicted molar refractivity (Wildman–Crippen MR) is 85.3 cm³/mol. The molecule has 4 heteroatoms. The molecule has 120 valence electrons. The van der Waals surface area contributed by atoms with Gasteiger partial charge in [0.25, 0.3) is 0 Å². The molecular weight excluding hydrogens is 278 g/mol. The number of aliphatic carboxylic acids is 1. The molecule has 0 radical (unpaired) electrons. The van der Waals surface area contributed by atoms with E-state index >= 15 is 0 Å².